The highest BCUT2D eigenvalue weighted by atomic mass is 16.3. The molecule has 0 aliphatic carbocycles. The van der Waals surface area contributed by atoms with Crippen molar-refractivity contribution in [2.45, 2.75) is 25.5 Å². The summed E-state index contributed by atoms with van der Waals surface area (Å²) in [7, 11) is 0. The van der Waals surface area contributed by atoms with Crippen LogP contribution in [-0.2, 0) is 17.8 Å². The Kier molecular flexibility index (Phi) is 5.99. The van der Waals surface area contributed by atoms with Gasteiger partial charge in [0, 0.05) is 42.7 Å². The summed E-state index contributed by atoms with van der Waals surface area (Å²) in [6.45, 7) is 1.58. The Bertz CT molecular complexity index is 1030. The molecule has 3 aromatic rings. The summed E-state index contributed by atoms with van der Waals surface area (Å²) in [5.41, 5.74) is 4.21. The van der Waals surface area contributed by atoms with E-state index in [2.05, 4.69) is 21.7 Å². The smallest absolute Gasteiger partial charge is 0.317 e. The zero-order valence-electron chi connectivity index (χ0n) is 16.7. The van der Waals surface area contributed by atoms with Crippen molar-refractivity contribution >= 4 is 22.8 Å². The van der Waals surface area contributed by atoms with Crippen molar-refractivity contribution in [3.05, 3.63) is 71.4 Å². The number of carbonyl (C=O) groups excluding carboxylic acids is 2. The lowest BCUT2D eigenvalue weighted by Gasteiger charge is -2.27. The van der Waals surface area contributed by atoms with Gasteiger partial charge < -0.3 is 25.6 Å². The number of H-pyrrole nitrogens is 1. The van der Waals surface area contributed by atoms with Gasteiger partial charge in [0.15, 0.2) is 0 Å². The van der Waals surface area contributed by atoms with Crippen molar-refractivity contribution < 1.29 is 14.7 Å². The average Bonchev–Trinajstić information content (AvgIpc) is 3.15. The van der Waals surface area contributed by atoms with Crippen molar-refractivity contribution in [1.29, 1.82) is 0 Å². The molecule has 0 spiro atoms. The van der Waals surface area contributed by atoms with Gasteiger partial charge in [0.05, 0.1) is 12.6 Å². The molecule has 4 N–H and O–H groups in total. The second-order valence-electron chi connectivity index (χ2n) is 7.51. The number of nitrogens with one attached hydrogen (secondary N) is 3. The number of aliphatic hydroxyl groups is 1. The maximum Gasteiger partial charge on any atom is 0.317 e. The van der Waals surface area contributed by atoms with E-state index in [-0.39, 0.29) is 31.4 Å². The molecule has 0 saturated carbocycles. The van der Waals surface area contributed by atoms with Crippen LogP contribution in [0.2, 0.25) is 0 Å². The Morgan fingerprint density at radius 3 is 2.67 bits per heavy atom. The Morgan fingerprint density at radius 1 is 1.07 bits per heavy atom. The molecule has 1 aromatic heterocycles. The van der Waals surface area contributed by atoms with Crippen LogP contribution < -0.4 is 10.6 Å². The van der Waals surface area contributed by atoms with E-state index in [0.29, 0.717) is 13.1 Å². The van der Waals surface area contributed by atoms with Crippen LogP contribution >= 0.6 is 0 Å². The van der Waals surface area contributed by atoms with E-state index in [9.17, 15) is 14.7 Å². The maximum absolute atomic E-state index is 12.5. The molecule has 156 valence electrons. The maximum atomic E-state index is 12.5. The molecule has 7 heteroatoms. The monoisotopic (exact) mass is 406 g/mol. The minimum atomic E-state index is -0.747. The molecule has 1 aliphatic rings. The lowest BCUT2D eigenvalue weighted by Crippen LogP contribution is -2.43. The Balaban J connectivity index is 1.21. The highest BCUT2D eigenvalue weighted by Crippen LogP contribution is 2.27. The highest BCUT2D eigenvalue weighted by molar-refractivity contribution is 5.85. The summed E-state index contributed by atoms with van der Waals surface area (Å²) < 4.78 is 0. The van der Waals surface area contributed by atoms with Gasteiger partial charge in [-0.05, 0) is 23.6 Å². The van der Waals surface area contributed by atoms with Crippen LogP contribution in [0.15, 0.2) is 54.6 Å². The molecule has 0 radical (unpaired) electrons. The number of aromatic amines is 1. The van der Waals surface area contributed by atoms with Crippen molar-refractivity contribution in [3.63, 3.8) is 0 Å². The SMILES string of the molecule is O=C(CCNC(=O)N1CCc2c([nH]c3ccccc23)C1)NC[C@H](O)c1ccccc1. The van der Waals surface area contributed by atoms with E-state index in [1.54, 1.807) is 4.90 Å². The third kappa shape index (κ3) is 4.46. The quantitative estimate of drug-likeness (QED) is 0.506. The van der Waals surface area contributed by atoms with Crippen molar-refractivity contribution in [1.82, 2.24) is 20.5 Å². The number of amides is 3. The van der Waals surface area contributed by atoms with Gasteiger partial charge in [-0.1, -0.05) is 48.5 Å². The molecule has 1 aliphatic heterocycles. The molecule has 2 heterocycles. The van der Waals surface area contributed by atoms with E-state index in [0.717, 1.165) is 23.2 Å². The zero-order valence-corrected chi connectivity index (χ0v) is 16.7. The molecule has 1 atom stereocenters. The minimum absolute atomic E-state index is 0.145. The van der Waals surface area contributed by atoms with Crippen LogP contribution in [0.1, 0.15) is 29.3 Å². The van der Waals surface area contributed by atoms with Crippen LogP contribution in [0, 0.1) is 0 Å². The Morgan fingerprint density at radius 2 is 1.83 bits per heavy atom. The van der Waals surface area contributed by atoms with Gasteiger partial charge in [0.1, 0.15) is 0 Å². The normalized spacial score (nSPS) is 14.2. The van der Waals surface area contributed by atoms with Gasteiger partial charge in [-0.25, -0.2) is 4.79 Å². The van der Waals surface area contributed by atoms with Gasteiger partial charge in [0.25, 0.3) is 0 Å². The van der Waals surface area contributed by atoms with Crippen LogP contribution in [0.25, 0.3) is 10.9 Å². The number of nitrogens with zero attached hydrogens (tertiary/aromatic N) is 1. The van der Waals surface area contributed by atoms with Gasteiger partial charge in [0.2, 0.25) is 5.91 Å². The molecule has 30 heavy (non-hydrogen) atoms. The van der Waals surface area contributed by atoms with Gasteiger partial charge >= 0.3 is 6.03 Å². The Hall–Kier alpha value is -3.32. The second-order valence-corrected chi connectivity index (χ2v) is 7.51. The Labute approximate surface area is 175 Å². The second kappa shape index (κ2) is 9.00. The molecule has 0 saturated heterocycles. The summed E-state index contributed by atoms with van der Waals surface area (Å²) in [6, 6.07) is 17.2. The lowest BCUT2D eigenvalue weighted by molar-refractivity contribution is -0.121. The summed E-state index contributed by atoms with van der Waals surface area (Å²) >= 11 is 0. The van der Waals surface area contributed by atoms with E-state index < -0.39 is 6.10 Å². The van der Waals surface area contributed by atoms with Crippen LogP contribution in [0.4, 0.5) is 4.79 Å². The first-order valence-corrected chi connectivity index (χ1v) is 10.2. The first-order valence-electron chi connectivity index (χ1n) is 10.2. The van der Waals surface area contributed by atoms with E-state index in [1.807, 2.05) is 48.5 Å². The highest BCUT2D eigenvalue weighted by Gasteiger charge is 2.23. The molecular weight excluding hydrogens is 380 g/mol. The number of aliphatic hydroxyl groups excluding tert-OH is 1. The molecule has 4 rings (SSSR count). The third-order valence-corrected chi connectivity index (χ3v) is 5.48. The molecule has 0 fully saturated rings. The van der Waals surface area contributed by atoms with E-state index in [1.165, 1.54) is 10.9 Å². The standard InChI is InChI=1S/C23H26N4O3/c28-21(16-6-2-1-3-7-16)14-25-22(29)10-12-24-23(30)27-13-11-18-17-8-4-5-9-19(17)26-20(18)15-27/h1-9,21,26,28H,10-15H2,(H,24,30)(H,25,29)/t21-/m0/s1. The number of urea groups is 1. The average molecular weight is 406 g/mol. The van der Waals surface area contributed by atoms with E-state index >= 15 is 0 Å². The first-order chi connectivity index (χ1) is 14.6. The van der Waals surface area contributed by atoms with Gasteiger partial charge in [-0.2, -0.15) is 0 Å². The summed E-state index contributed by atoms with van der Waals surface area (Å²) in [4.78, 5) is 29.7. The molecule has 0 bridgehead atoms. The van der Waals surface area contributed by atoms with Crippen LogP contribution in [0.5, 0.6) is 0 Å². The first kappa shape index (κ1) is 20.0. The minimum Gasteiger partial charge on any atom is -0.387 e. The fraction of sp³-hybridized carbons (Fsp3) is 0.304. The molecular formula is C23H26N4O3. The third-order valence-electron chi connectivity index (χ3n) is 5.48. The molecule has 7 nitrogen and oxygen atoms in total. The summed E-state index contributed by atoms with van der Waals surface area (Å²) in [5.74, 6) is -0.207. The fourth-order valence-electron chi connectivity index (χ4n) is 3.85. The number of hydrogen-bond donors (Lipinski definition) is 4. The topological polar surface area (TPSA) is 97.5 Å². The number of para-hydroxylation sites is 1. The predicted octanol–water partition coefficient (Wildman–Crippen LogP) is 2.48. The number of aromatic nitrogens is 1. The lowest BCUT2D eigenvalue weighted by atomic mass is 10.0. The number of carbonyl (C=O) groups is 2. The number of rotatable bonds is 6. The van der Waals surface area contributed by atoms with Crippen molar-refractivity contribution in [2.24, 2.45) is 0 Å². The largest absolute Gasteiger partial charge is 0.387 e. The van der Waals surface area contributed by atoms with Crippen LogP contribution in [-0.4, -0.2) is 46.6 Å². The van der Waals surface area contributed by atoms with E-state index in [4.69, 9.17) is 0 Å². The van der Waals surface area contributed by atoms with Crippen molar-refractivity contribution in [3.8, 4) is 0 Å². The number of benzene rings is 2. The van der Waals surface area contributed by atoms with Gasteiger partial charge in [-0.15, -0.1) is 0 Å². The predicted molar refractivity (Wildman–Crippen MR) is 115 cm³/mol. The molecule has 2 aromatic carbocycles. The molecule has 0 unspecified atom stereocenters. The van der Waals surface area contributed by atoms with Crippen LogP contribution in [0.3, 0.4) is 0 Å². The fourth-order valence-corrected chi connectivity index (χ4v) is 3.85. The molecule has 3 amide bonds. The number of hydrogen-bond acceptors (Lipinski definition) is 3. The summed E-state index contributed by atoms with van der Waals surface area (Å²) in [5, 5.41) is 16.8. The number of fused-ring (bicyclic) bond motifs is 3. The van der Waals surface area contributed by atoms with Gasteiger partial charge in [-0.3, -0.25) is 4.79 Å². The zero-order chi connectivity index (χ0) is 20.9. The summed E-state index contributed by atoms with van der Waals surface area (Å²) in [6.07, 6.45) is 0.229. The van der Waals surface area contributed by atoms with Crippen molar-refractivity contribution in [2.75, 3.05) is 19.6 Å².